The molecule has 1 aromatic rings. The average molecular weight is 407 g/mol. The Morgan fingerprint density at radius 3 is 2.57 bits per heavy atom. The van der Waals surface area contributed by atoms with E-state index in [1.165, 1.54) is 11.8 Å². The van der Waals surface area contributed by atoms with E-state index in [9.17, 15) is 19.5 Å². The van der Waals surface area contributed by atoms with Crippen molar-refractivity contribution >= 4 is 30.4 Å². The van der Waals surface area contributed by atoms with E-state index < -0.39 is 23.3 Å². The summed E-state index contributed by atoms with van der Waals surface area (Å²) in [6, 6.07) is 7.84. The standard InChI is InChI=1S/C21H30N2O4S/c1-3-8-16-11-7-12-17(20(25)23(16)14(2)21(26)27)22-19(24)18(28)13-15-9-5-4-6-10-15/h4-6,9-10,14,16-18,28H,3,7-8,11-13H2,1-2H3,(H,22,24)(H,26,27)/t14?,16-,17-,18-/m1/s1. The molecule has 1 aromatic carbocycles. The number of nitrogens with zero attached hydrogens (tertiary/aromatic N) is 1. The first-order chi connectivity index (χ1) is 13.3. The Morgan fingerprint density at radius 1 is 1.29 bits per heavy atom. The molecule has 0 saturated carbocycles. The van der Waals surface area contributed by atoms with Crippen LogP contribution in [0.1, 0.15) is 51.5 Å². The molecule has 7 heteroatoms. The van der Waals surface area contributed by atoms with Crippen LogP contribution in [0.5, 0.6) is 0 Å². The molecule has 6 nitrogen and oxygen atoms in total. The van der Waals surface area contributed by atoms with Gasteiger partial charge in [0.1, 0.15) is 12.1 Å². The van der Waals surface area contributed by atoms with E-state index >= 15 is 0 Å². The van der Waals surface area contributed by atoms with Gasteiger partial charge in [-0.1, -0.05) is 43.7 Å². The molecule has 0 bridgehead atoms. The van der Waals surface area contributed by atoms with E-state index in [4.69, 9.17) is 0 Å². The number of nitrogens with one attached hydrogen (secondary N) is 1. The van der Waals surface area contributed by atoms with E-state index in [1.807, 2.05) is 37.3 Å². The summed E-state index contributed by atoms with van der Waals surface area (Å²) in [6.07, 6.45) is 4.11. The van der Waals surface area contributed by atoms with Gasteiger partial charge < -0.3 is 15.3 Å². The number of likely N-dealkylation sites (tertiary alicyclic amines) is 1. The topological polar surface area (TPSA) is 86.7 Å². The molecule has 2 rings (SSSR count). The predicted molar refractivity (Wildman–Crippen MR) is 111 cm³/mol. The largest absolute Gasteiger partial charge is 0.480 e. The van der Waals surface area contributed by atoms with E-state index in [0.29, 0.717) is 12.8 Å². The summed E-state index contributed by atoms with van der Waals surface area (Å²) >= 11 is 4.41. The summed E-state index contributed by atoms with van der Waals surface area (Å²) < 4.78 is 0. The molecule has 28 heavy (non-hydrogen) atoms. The number of carboxylic acids is 1. The van der Waals surface area contributed by atoms with Crippen LogP contribution < -0.4 is 5.32 Å². The fourth-order valence-electron chi connectivity index (χ4n) is 3.75. The Bertz CT molecular complexity index is 682. The smallest absolute Gasteiger partial charge is 0.326 e. The van der Waals surface area contributed by atoms with Gasteiger partial charge in [0.25, 0.3) is 0 Å². The summed E-state index contributed by atoms with van der Waals surface area (Å²) in [7, 11) is 0. The van der Waals surface area contributed by atoms with Crippen LogP contribution in [-0.2, 0) is 20.8 Å². The summed E-state index contributed by atoms with van der Waals surface area (Å²) in [5.74, 6) is -1.64. The lowest BCUT2D eigenvalue weighted by atomic mass is 10.0. The molecule has 2 amide bonds. The van der Waals surface area contributed by atoms with Gasteiger partial charge in [0, 0.05) is 6.04 Å². The van der Waals surface area contributed by atoms with Crippen LogP contribution in [-0.4, -0.2) is 51.2 Å². The van der Waals surface area contributed by atoms with Crippen LogP contribution in [0.2, 0.25) is 0 Å². The molecular weight excluding hydrogens is 376 g/mol. The van der Waals surface area contributed by atoms with Crippen molar-refractivity contribution in [2.75, 3.05) is 0 Å². The quantitative estimate of drug-likeness (QED) is 0.579. The zero-order valence-electron chi connectivity index (χ0n) is 16.5. The third kappa shape index (κ3) is 5.74. The van der Waals surface area contributed by atoms with Crippen LogP contribution in [0.4, 0.5) is 0 Å². The van der Waals surface area contributed by atoms with Crippen LogP contribution >= 0.6 is 12.6 Å². The lowest BCUT2D eigenvalue weighted by molar-refractivity contribution is -0.152. The first-order valence-electron chi connectivity index (χ1n) is 9.92. The SMILES string of the molecule is CCC[C@@H]1CCC[C@@H](NC(=O)[C@H](S)Cc2ccccc2)C(=O)N1C(C)C(=O)O. The van der Waals surface area contributed by atoms with Crippen molar-refractivity contribution in [3.05, 3.63) is 35.9 Å². The number of carbonyl (C=O) groups excluding carboxylic acids is 2. The molecule has 0 aromatic heterocycles. The minimum atomic E-state index is -1.03. The van der Waals surface area contributed by atoms with Crippen LogP contribution in [0, 0.1) is 0 Å². The summed E-state index contributed by atoms with van der Waals surface area (Å²) in [4.78, 5) is 38.8. The second kappa shape index (κ2) is 10.5. The van der Waals surface area contributed by atoms with E-state index in [1.54, 1.807) is 0 Å². The van der Waals surface area contributed by atoms with Crippen molar-refractivity contribution in [3.8, 4) is 0 Å². The Hall–Kier alpha value is -2.02. The fourth-order valence-corrected chi connectivity index (χ4v) is 4.04. The van der Waals surface area contributed by atoms with Crippen molar-refractivity contribution < 1.29 is 19.5 Å². The highest BCUT2D eigenvalue weighted by atomic mass is 32.1. The predicted octanol–water partition coefficient (Wildman–Crippen LogP) is 2.67. The fraction of sp³-hybridized carbons (Fsp3) is 0.571. The zero-order valence-corrected chi connectivity index (χ0v) is 17.4. The van der Waals surface area contributed by atoms with Gasteiger partial charge in [0.2, 0.25) is 11.8 Å². The van der Waals surface area contributed by atoms with Gasteiger partial charge in [0.05, 0.1) is 5.25 Å². The number of carbonyl (C=O) groups is 3. The van der Waals surface area contributed by atoms with E-state index in [0.717, 1.165) is 31.2 Å². The van der Waals surface area contributed by atoms with Crippen LogP contribution in [0.25, 0.3) is 0 Å². The van der Waals surface area contributed by atoms with Crippen molar-refractivity contribution in [3.63, 3.8) is 0 Å². The maximum atomic E-state index is 13.1. The first kappa shape index (κ1) is 22.3. The second-order valence-corrected chi connectivity index (χ2v) is 8.02. The number of benzene rings is 1. The lowest BCUT2D eigenvalue weighted by Gasteiger charge is -2.35. The minimum Gasteiger partial charge on any atom is -0.480 e. The minimum absolute atomic E-state index is 0.110. The number of rotatable bonds is 8. The molecule has 154 valence electrons. The second-order valence-electron chi connectivity index (χ2n) is 7.40. The summed E-state index contributed by atoms with van der Waals surface area (Å²) in [5, 5.41) is 11.7. The molecule has 1 unspecified atom stereocenters. The molecule has 2 N–H and O–H groups in total. The molecule has 0 spiro atoms. The van der Waals surface area contributed by atoms with Crippen molar-refractivity contribution in [2.45, 2.75) is 75.7 Å². The highest BCUT2D eigenvalue weighted by Crippen LogP contribution is 2.24. The monoisotopic (exact) mass is 406 g/mol. The van der Waals surface area contributed by atoms with Crippen LogP contribution in [0.3, 0.4) is 0 Å². The summed E-state index contributed by atoms with van der Waals surface area (Å²) in [5.41, 5.74) is 0.994. The van der Waals surface area contributed by atoms with Crippen molar-refractivity contribution in [1.82, 2.24) is 10.2 Å². The molecule has 1 heterocycles. The van der Waals surface area contributed by atoms with Gasteiger partial charge in [-0.15, -0.1) is 0 Å². The normalized spacial score (nSPS) is 22.2. The molecule has 1 saturated heterocycles. The molecular formula is C21H30N2O4S. The third-order valence-corrected chi connectivity index (χ3v) is 5.68. The van der Waals surface area contributed by atoms with Gasteiger partial charge in [-0.3, -0.25) is 9.59 Å². The molecule has 4 atom stereocenters. The van der Waals surface area contributed by atoms with Gasteiger partial charge >= 0.3 is 5.97 Å². The average Bonchev–Trinajstić information content (AvgIpc) is 2.81. The molecule has 0 radical (unpaired) electrons. The number of hydrogen-bond donors (Lipinski definition) is 3. The molecule has 1 aliphatic rings. The van der Waals surface area contributed by atoms with Gasteiger partial charge in [0.15, 0.2) is 0 Å². The maximum Gasteiger partial charge on any atom is 0.326 e. The maximum absolute atomic E-state index is 13.1. The number of hydrogen-bond acceptors (Lipinski definition) is 4. The Labute approximate surface area is 172 Å². The lowest BCUT2D eigenvalue weighted by Crippen LogP contribution is -2.56. The Kier molecular flexibility index (Phi) is 8.35. The number of carboxylic acid groups (broad SMARTS) is 1. The zero-order chi connectivity index (χ0) is 20.7. The first-order valence-corrected chi connectivity index (χ1v) is 10.4. The number of thiol groups is 1. The highest BCUT2D eigenvalue weighted by Gasteiger charge is 2.38. The van der Waals surface area contributed by atoms with E-state index in [2.05, 4.69) is 17.9 Å². The van der Waals surface area contributed by atoms with Crippen molar-refractivity contribution in [2.24, 2.45) is 0 Å². The highest BCUT2D eigenvalue weighted by molar-refractivity contribution is 7.81. The van der Waals surface area contributed by atoms with Gasteiger partial charge in [-0.25, -0.2) is 4.79 Å². The molecule has 1 fully saturated rings. The third-order valence-electron chi connectivity index (χ3n) is 5.26. The molecule has 0 aliphatic carbocycles. The van der Waals surface area contributed by atoms with Crippen LogP contribution in [0.15, 0.2) is 30.3 Å². The Morgan fingerprint density at radius 2 is 1.96 bits per heavy atom. The van der Waals surface area contributed by atoms with Crippen molar-refractivity contribution in [1.29, 1.82) is 0 Å². The van der Waals surface area contributed by atoms with Gasteiger partial charge in [-0.2, -0.15) is 12.6 Å². The molecule has 1 aliphatic heterocycles. The number of aliphatic carboxylic acids is 1. The number of amides is 2. The van der Waals surface area contributed by atoms with E-state index in [-0.39, 0.29) is 17.9 Å². The van der Waals surface area contributed by atoms with Gasteiger partial charge in [-0.05, 0) is 44.6 Å². The summed E-state index contributed by atoms with van der Waals surface area (Å²) in [6.45, 7) is 3.55. The Balaban J connectivity index is 2.10.